The van der Waals surface area contributed by atoms with Crippen LogP contribution in [0.25, 0.3) is 0 Å². The van der Waals surface area contributed by atoms with Gasteiger partial charge >= 0.3 is 5.97 Å². The maximum Gasteiger partial charge on any atom is 0.317 e. The average Bonchev–Trinajstić information content (AvgIpc) is 2.38. The Hall–Kier alpha value is -1.22. The third-order valence-electron chi connectivity index (χ3n) is 3.20. The molecule has 1 N–H and O–H groups in total. The largest absolute Gasteiger partial charge is 0.480 e. The SMILES string of the molecule is O=C(O)CN1CCN(S(=O)(=O)c2ccc(F)cc2Cl)CC1. The highest BCUT2D eigenvalue weighted by molar-refractivity contribution is 7.89. The van der Waals surface area contributed by atoms with Crippen LogP contribution in [-0.2, 0) is 14.8 Å². The van der Waals surface area contributed by atoms with Crippen LogP contribution in [0.3, 0.4) is 0 Å². The number of carbonyl (C=O) groups is 1. The summed E-state index contributed by atoms with van der Waals surface area (Å²) in [6.45, 7) is 0.868. The number of piperazine rings is 1. The molecule has 2 rings (SSSR count). The number of aliphatic carboxylic acids is 1. The summed E-state index contributed by atoms with van der Waals surface area (Å²) < 4.78 is 39.1. The zero-order valence-electron chi connectivity index (χ0n) is 11.0. The molecule has 6 nitrogen and oxygen atoms in total. The van der Waals surface area contributed by atoms with Crippen molar-refractivity contribution in [3.8, 4) is 0 Å². The van der Waals surface area contributed by atoms with E-state index in [9.17, 15) is 17.6 Å². The molecule has 116 valence electrons. The molecule has 0 aromatic heterocycles. The minimum Gasteiger partial charge on any atom is -0.480 e. The van der Waals surface area contributed by atoms with E-state index in [-0.39, 0.29) is 29.6 Å². The Bertz CT molecular complexity index is 645. The molecule has 1 aliphatic heterocycles. The molecule has 1 aromatic rings. The Kier molecular flexibility index (Phi) is 4.82. The van der Waals surface area contributed by atoms with Gasteiger partial charge in [-0.25, -0.2) is 12.8 Å². The lowest BCUT2D eigenvalue weighted by molar-refractivity contribution is -0.138. The number of hydrogen-bond donors (Lipinski definition) is 1. The summed E-state index contributed by atoms with van der Waals surface area (Å²) in [5, 5.41) is 8.54. The fourth-order valence-corrected chi connectivity index (χ4v) is 4.07. The predicted octanol–water partition coefficient (Wildman–Crippen LogP) is 0.870. The molecule has 0 unspecified atom stereocenters. The van der Waals surface area contributed by atoms with E-state index in [0.717, 1.165) is 18.2 Å². The molecule has 0 bridgehead atoms. The summed E-state index contributed by atoms with van der Waals surface area (Å²) in [6.07, 6.45) is 0. The first-order chi connectivity index (χ1) is 9.80. The Balaban J connectivity index is 2.13. The molecule has 21 heavy (non-hydrogen) atoms. The summed E-state index contributed by atoms with van der Waals surface area (Å²) >= 11 is 5.80. The lowest BCUT2D eigenvalue weighted by atomic mass is 10.3. The van der Waals surface area contributed by atoms with Crippen LogP contribution in [0, 0.1) is 5.82 Å². The summed E-state index contributed by atoms with van der Waals surface area (Å²) in [5.74, 6) is -1.56. The number of halogens is 2. The van der Waals surface area contributed by atoms with Gasteiger partial charge in [0, 0.05) is 26.2 Å². The van der Waals surface area contributed by atoms with Crippen LogP contribution in [0.2, 0.25) is 5.02 Å². The molecule has 0 spiro atoms. The number of carboxylic acid groups (broad SMARTS) is 1. The van der Waals surface area contributed by atoms with Crippen LogP contribution in [0.1, 0.15) is 0 Å². The van der Waals surface area contributed by atoms with E-state index in [2.05, 4.69) is 0 Å². The maximum absolute atomic E-state index is 13.0. The molecular formula is C12H14ClFN2O4S. The second-order valence-electron chi connectivity index (χ2n) is 4.65. The third-order valence-corrected chi connectivity index (χ3v) is 5.58. The number of carboxylic acids is 1. The zero-order valence-corrected chi connectivity index (χ0v) is 12.6. The fraction of sp³-hybridized carbons (Fsp3) is 0.417. The molecule has 1 fully saturated rings. The van der Waals surface area contributed by atoms with Crippen LogP contribution in [0.4, 0.5) is 4.39 Å². The molecular weight excluding hydrogens is 323 g/mol. The van der Waals surface area contributed by atoms with Gasteiger partial charge in [-0.1, -0.05) is 11.6 Å². The van der Waals surface area contributed by atoms with Crippen molar-refractivity contribution in [2.45, 2.75) is 4.90 Å². The number of benzene rings is 1. The van der Waals surface area contributed by atoms with E-state index in [1.807, 2.05) is 0 Å². The van der Waals surface area contributed by atoms with Gasteiger partial charge in [-0.05, 0) is 18.2 Å². The fourth-order valence-electron chi connectivity index (χ4n) is 2.14. The van der Waals surface area contributed by atoms with Crippen LogP contribution >= 0.6 is 11.6 Å². The van der Waals surface area contributed by atoms with Gasteiger partial charge in [-0.3, -0.25) is 9.69 Å². The van der Waals surface area contributed by atoms with Gasteiger partial charge in [0.15, 0.2) is 0 Å². The summed E-state index contributed by atoms with van der Waals surface area (Å²) in [6, 6.07) is 3.13. The lowest BCUT2D eigenvalue weighted by Crippen LogP contribution is -2.49. The topological polar surface area (TPSA) is 77.9 Å². The standard InChI is InChI=1S/C12H14ClFN2O4S/c13-10-7-9(14)1-2-11(10)21(19,20)16-5-3-15(4-6-16)8-12(17)18/h1-2,7H,3-6,8H2,(H,17,18). The minimum absolute atomic E-state index is 0.120. The third kappa shape index (κ3) is 3.70. The second kappa shape index (κ2) is 6.27. The highest BCUT2D eigenvalue weighted by atomic mass is 35.5. The number of nitrogens with zero attached hydrogens (tertiary/aromatic N) is 2. The van der Waals surface area contributed by atoms with Crippen LogP contribution in [0.15, 0.2) is 23.1 Å². The predicted molar refractivity (Wildman–Crippen MR) is 74.2 cm³/mol. The first kappa shape index (κ1) is 16.2. The van der Waals surface area contributed by atoms with Gasteiger partial charge in [0.05, 0.1) is 11.6 Å². The van der Waals surface area contributed by atoms with Crippen LogP contribution in [0.5, 0.6) is 0 Å². The van der Waals surface area contributed by atoms with Crippen molar-refractivity contribution in [3.63, 3.8) is 0 Å². The summed E-state index contributed by atoms with van der Waals surface area (Å²) in [5.41, 5.74) is 0. The lowest BCUT2D eigenvalue weighted by Gasteiger charge is -2.33. The smallest absolute Gasteiger partial charge is 0.317 e. The van der Waals surface area contributed by atoms with Crippen molar-refractivity contribution < 1.29 is 22.7 Å². The second-order valence-corrected chi connectivity index (χ2v) is 6.96. The molecule has 1 aromatic carbocycles. The van der Waals surface area contributed by atoms with E-state index in [4.69, 9.17) is 16.7 Å². The van der Waals surface area contributed by atoms with Crippen molar-refractivity contribution in [1.82, 2.24) is 9.21 Å². The molecule has 0 atom stereocenters. The number of hydrogen-bond acceptors (Lipinski definition) is 4. The van der Waals surface area contributed by atoms with Crippen molar-refractivity contribution >= 4 is 27.6 Å². The molecule has 0 saturated carbocycles. The Morgan fingerprint density at radius 2 is 1.90 bits per heavy atom. The maximum atomic E-state index is 13.0. The van der Waals surface area contributed by atoms with Gasteiger partial charge in [0.25, 0.3) is 0 Å². The first-order valence-corrected chi connectivity index (χ1v) is 8.02. The van der Waals surface area contributed by atoms with Crippen molar-refractivity contribution in [2.24, 2.45) is 0 Å². The van der Waals surface area contributed by atoms with E-state index in [1.54, 1.807) is 4.90 Å². The van der Waals surface area contributed by atoms with Crippen LogP contribution in [-0.4, -0.2) is 61.4 Å². The Labute approximate surface area is 126 Å². The van der Waals surface area contributed by atoms with Gasteiger partial charge in [-0.15, -0.1) is 0 Å². The van der Waals surface area contributed by atoms with Gasteiger partial charge in [-0.2, -0.15) is 4.31 Å². The van der Waals surface area contributed by atoms with Crippen molar-refractivity contribution in [3.05, 3.63) is 29.0 Å². The van der Waals surface area contributed by atoms with E-state index >= 15 is 0 Å². The Morgan fingerprint density at radius 3 is 2.43 bits per heavy atom. The van der Waals surface area contributed by atoms with Gasteiger partial charge in [0.2, 0.25) is 10.0 Å². The average molecular weight is 337 g/mol. The minimum atomic E-state index is -3.80. The van der Waals surface area contributed by atoms with Crippen molar-refractivity contribution in [1.29, 1.82) is 0 Å². The first-order valence-electron chi connectivity index (χ1n) is 6.20. The molecule has 1 saturated heterocycles. The molecule has 1 aliphatic rings. The van der Waals surface area contributed by atoms with Crippen molar-refractivity contribution in [2.75, 3.05) is 32.7 Å². The monoisotopic (exact) mass is 336 g/mol. The molecule has 0 amide bonds. The van der Waals surface area contributed by atoms with E-state index in [1.165, 1.54) is 4.31 Å². The highest BCUT2D eigenvalue weighted by Crippen LogP contribution is 2.26. The van der Waals surface area contributed by atoms with E-state index < -0.39 is 21.8 Å². The molecule has 0 aliphatic carbocycles. The normalized spacial score (nSPS) is 17.8. The molecule has 0 radical (unpaired) electrons. The Morgan fingerprint density at radius 1 is 1.29 bits per heavy atom. The van der Waals surface area contributed by atoms with Gasteiger partial charge in [0.1, 0.15) is 10.7 Å². The highest BCUT2D eigenvalue weighted by Gasteiger charge is 2.30. The molecule has 9 heteroatoms. The number of sulfonamides is 1. The van der Waals surface area contributed by atoms with E-state index in [0.29, 0.717) is 13.1 Å². The quantitative estimate of drug-likeness (QED) is 0.882. The summed E-state index contributed by atoms with van der Waals surface area (Å²) in [7, 11) is -3.80. The van der Waals surface area contributed by atoms with Crippen LogP contribution < -0.4 is 0 Å². The summed E-state index contributed by atoms with van der Waals surface area (Å²) in [4.78, 5) is 12.1. The van der Waals surface area contributed by atoms with Gasteiger partial charge < -0.3 is 5.11 Å². The zero-order chi connectivity index (χ0) is 15.6. The number of rotatable bonds is 4. The molecule has 1 heterocycles.